The molecule has 0 N–H and O–H groups in total. The SMILES string of the molecule is CC(C)(C)OC(=O)N1CCC[C@H]1c1nc2cc(Br)ccc2n1COCC[Si](C)(C)C. The maximum Gasteiger partial charge on any atom is 0.410 e. The maximum atomic E-state index is 12.8. The Morgan fingerprint density at radius 2 is 2.03 bits per heavy atom. The average molecular weight is 497 g/mol. The topological polar surface area (TPSA) is 56.6 Å². The Morgan fingerprint density at radius 1 is 1.30 bits per heavy atom. The van der Waals surface area contributed by atoms with Gasteiger partial charge in [0.25, 0.3) is 0 Å². The molecule has 1 aliphatic heterocycles. The van der Waals surface area contributed by atoms with Gasteiger partial charge in [0, 0.05) is 25.7 Å². The smallest absolute Gasteiger partial charge is 0.410 e. The maximum absolute atomic E-state index is 12.8. The van der Waals surface area contributed by atoms with Gasteiger partial charge in [-0.15, -0.1) is 0 Å². The van der Waals surface area contributed by atoms with Gasteiger partial charge in [-0.1, -0.05) is 35.6 Å². The zero-order chi connectivity index (χ0) is 22.1. The number of carbonyl (C=O) groups is 1. The van der Waals surface area contributed by atoms with E-state index in [1.165, 1.54) is 0 Å². The molecule has 2 heterocycles. The van der Waals surface area contributed by atoms with Crippen LogP contribution in [0, 0.1) is 0 Å². The lowest BCUT2D eigenvalue weighted by Gasteiger charge is -2.28. The largest absolute Gasteiger partial charge is 0.444 e. The van der Waals surface area contributed by atoms with Crippen LogP contribution in [0.15, 0.2) is 22.7 Å². The van der Waals surface area contributed by atoms with E-state index in [0.29, 0.717) is 13.3 Å². The molecule has 0 aliphatic carbocycles. The number of benzene rings is 1. The summed E-state index contributed by atoms with van der Waals surface area (Å²) in [6, 6.07) is 7.11. The van der Waals surface area contributed by atoms with E-state index in [1.54, 1.807) is 0 Å². The number of ether oxygens (including phenoxy) is 2. The Labute approximate surface area is 189 Å². The van der Waals surface area contributed by atoms with Crippen molar-refractivity contribution in [3.05, 3.63) is 28.5 Å². The quantitative estimate of drug-likeness (QED) is 0.354. The van der Waals surface area contributed by atoms with E-state index >= 15 is 0 Å². The molecule has 1 atom stereocenters. The molecule has 1 fully saturated rings. The summed E-state index contributed by atoms with van der Waals surface area (Å²) in [6.45, 7) is 14.6. The molecule has 6 nitrogen and oxygen atoms in total. The van der Waals surface area contributed by atoms with Crippen molar-refractivity contribution in [2.24, 2.45) is 0 Å². The fourth-order valence-electron chi connectivity index (χ4n) is 3.62. The highest BCUT2D eigenvalue weighted by molar-refractivity contribution is 9.10. The van der Waals surface area contributed by atoms with Gasteiger partial charge in [0.15, 0.2) is 0 Å². The van der Waals surface area contributed by atoms with Crippen LogP contribution < -0.4 is 0 Å². The van der Waals surface area contributed by atoms with Crippen molar-refractivity contribution < 1.29 is 14.3 Å². The number of hydrogen-bond donors (Lipinski definition) is 0. The summed E-state index contributed by atoms with van der Waals surface area (Å²) in [7, 11) is -1.15. The molecule has 1 aromatic heterocycles. The van der Waals surface area contributed by atoms with Crippen LogP contribution in [0.25, 0.3) is 11.0 Å². The second-order valence-corrected chi connectivity index (χ2v) is 16.7. The number of nitrogens with zero attached hydrogens (tertiary/aromatic N) is 3. The first-order valence-corrected chi connectivity index (χ1v) is 15.2. The van der Waals surface area contributed by atoms with Crippen LogP contribution in [0.3, 0.4) is 0 Å². The number of carbonyl (C=O) groups excluding carboxylic acids is 1. The lowest BCUT2D eigenvalue weighted by atomic mass is 10.2. The molecule has 0 radical (unpaired) electrons. The summed E-state index contributed by atoms with van der Waals surface area (Å²) < 4.78 is 14.9. The Kier molecular flexibility index (Phi) is 6.99. The number of amides is 1. The minimum atomic E-state index is -1.15. The number of aromatic nitrogens is 2. The Bertz CT molecular complexity index is 901. The number of likely N-dealkylation sites (tertiary alicyclic amines) is 1. The van der Waals surface area contributed by atoms with Crippen LogP contribution in [0.2, 0.25) is 25.7 Å². The van der Waals surface area contributed by atoms with Crippen molar-refractivity contribution in [2.45, 2.75) is 77.7 Å². The molecule has 1 amide bonds. The van der Waals surface area contributed by atoms with E-state index in [1.807, 2.05) is 37.8 Å². The highest BCUT2D eigenvalue weighted by atomic mass is 79.9. The van der Waals surface area contributed by atoms with Gasteiger partial charge in [-0.2, -0.15) is 0 Å². The van der Waals surface area contributed by atoms with Gasteiger partial charge >= 0.3 is 6.09 Å². The first-order valence-electron chi connectivity index (χ1n) is 10.7. The van der Waals surface area contributed by atoms with Gasteiger partial charge in [-0.3, -0.25) is 4.90 Å². The lowest BCUT2D eigenvalue weighted by Crippen LogP contribution is -2.37. The molecule has 30 heavy (non-hydrogen) atoms. The van der Waals surface area contributed by atoms with Crippen LogP contribution >= 0.6 is 15.9 Å². The second kappa shape index (κ2) is 9.00. The van der Waals surface area contributed by atoms with Gasteiger partial charge < -0.3 is 14.0 Å². The van der Waals surface area contributed by atoms with Crippen LogP contribution in [0.5, 0.6) is 0 Å². The summed E-state index contributed by atoms with van der Waals surface area (Å²) in [4.78, 5) is 19.6. The van der Waals surface area contributed by atoms with Crippen LogP contribution in [0.4, 0.5) is 4.79 Å². The molecule has 0 spiro atoms. The molecular formula is C22H34BrN3O3Si. The predicted molar refractivity (Wildman–Crippen MR) is 126 cm³/mol. The van der Waals surface area contributed by atoms with E-state index in [4.69, 9.17) is 14.5 Å². The summed E-state index contributed by atoms with van der Waals surface area (Å²) in [5.41, 5.74) is 1.41. The fourth-order valence-corrected chi connectivity index (χ4v) is 4.73. The van der Waals surface area contributed by atoms with Crippen molar-refractivity contribution in [2.75, 3.05) is 13.2 Å². The predicted octanol–water partition coefficient (Wildman–Crippen LogP) is 6.18. The van der Waals surface area contributed by atoms with Crippen molar-refractivity contribution >= 4 is 41.1 Å². The normalized spacial score (nSPS) is 17.7. The zero-order valence-corrected chi connectivity index (χ0v) is 21.6. The van der Waals surface area contributed by atoms with E-state index in [-0.39, 0.29) is 12.1 Å². The molecule has 1 saturated heterocycles. The average Bonchev–Trinajstić information content (AvgIpc) is 3.20. The van der Waals surface area contributed by atoms with Crippen LogP contribution in [-0.4, -0.2) is 47.4 Å². The molecule has 1 aliphatic rings. The number of imidazole rings is 1. The van der Waals surface area contributed by atoms with Gasteiger partial charge in [0.05, 0.1) is 17.1 Å². The van der Waals surface area contributed by atoms with Crippen molar-refractivity contribution in [1.82, 2.24) is 14.5 Å². The highest BCUT2D eigenvalue weighted by Crippen LogP contribution is 2.35. The third-order valence-corrected chi connectivity index (χ3v) is 7.33. The lowest BCUT2D eigenvalue weighted by molar-refractivity contribution is 0.0205. The molecule has 0 bridgehead atoms. The first-order chi connectivity index (χ1) is 13.9. The van der Waals surface area contributed by atoms with Crippen molar-refractivity contribution in [3.63, 3.8) is 0 Å². The molecule has 166 valence electrons. The number of rotatable bonds is 6. The summed E-state index contributed by atoms with van der Waals surface area (Å²) in [6.07, 6.45) is 1.54. The van der Waals surface area contributed by atoms with Crippen LogP contribution in [-0.2, 0) is 16.2 Å². The third kappa shape index (κ3) is 5.86. The Balaban J connectivity index is 1.88. The van der Waals surface area contributed by atoms with Gasteiger partial charge in [-0.25, -0.2) is 9.78 Å². The number of hydrogen-bond acceptors (Lipinski definition) is 4. The monoisotopic (exact) mass is 495 g/mol. The highest BCUT2D eigenvalue weighted by Gasteiger charge is 2.36. The molecule has 3 rings (SSSR count). The molecule has 2 aromatic rings. The van der Waals surface area contributed by atoms with E-state index in [0.717, 1.165) is 46.8 Å². The summed E-state index contributed by atoms with van der Waals surface area (Å²) in [5.74, 6) is 0.875. The van der Waals surface area contributed by atoms with E-state index in [2.05, 4.69) is 46.2 Å². The second-order valence-electron chi connectivity index (χ2n) is 10.2. The Hall–Kier alpha value is -1.38. The van der Waals surface area contributed by atoms with Gasteiger partial charge in [0.2, 0.25) is 0 Å². The fraction of sp³-hybridized carbons (Fsp3) is 0.636. The van der Waals surface area contributed by atoms with E-state index in [9.17, 15) is 4.79 Å². The minimum Gasteiger partial charge on any atom is -0.444 e. The van der Waals surface area contributed by atoms with Gasteiger partial charge in [-0.05, 0) is 57.9 Å². The first kappa shape index (κ1) is 23.3. The van der Waals surface area contributed by atoms with E-state index < -0.39 is 13.7 Å². The van der Waals surface area contributed by atoms with Crippen LogP contribution in [0.1, 0.15) is 45.5 Å². The van der Waals surface area contributed by atoms with Gasteiger partial charge in [0.1, 0.15) is 18.2 Å². The minimum absolute atomic E-state index is 0.105. The molecule has 1 aromatic carbocycles. The standard InChI is InChI=1S/C22H34BrN3O3Si/c1-22(2,3)29-21(27)25-11-7-8-19(25)20-24-17-14-16(23)9-10-18(17)26(20)15-28-12-13-30(4,5)6/h9-10,14,19H,7-8,11-13,15H2,1-6H3/t19-/m0/s1. The van der Waals surface area contributed by atoms with Crippen molar-refractivity contribution in [1.29, 1.82) is 0 Å². The Morgan fingerprint density at radius 3 is 2.70 bits per heavy atom. The summed E-state index contributed by atoms with van der Waals surface area (Å²) in [5, 5.41) is 0. The third-order valence-electron chi connectivity index (χ3n) is 5.14. The molecular weight excluding hydrogens is 462 g/mol. The summed E-state index contributed by atoms with van der Waals surface area (Å²) >= 11 is 3.54. The van der Waals surface area contributed by atoms with Crippen molar-refractivity contribution in [3.8, 4) is 0 Å². The molecule has 0 saturated carbocycles. The number of fused-ring (bicyclic) bond motifs is 1. The number of halogens is 1. The zero-order valence-electron chi connectivity index (χ0n) is 19.0. The molecule has 0 unspecified atom stereocenters. The molecule has 8 heteroatoms.